The minimum Gasteiger partial charge on any atom is -0.507 e. The molecule has 79 heavy (non-hydrogen) atoms. The molecule has 0 bridgehead atoms. The molecule has 0 aromatic heterocycles. The fourth-order valence-electron chi connectivity index (χ4n) is 13.9. The molecular formula is C73H46O6. The van der Waals surface area contributed by atoms with Crippen LogP contribution in [0.25, 0.3) is 152 Å². The Hall–Kier alpha value is -10.3. The second-order valence-electron chi connectivity index (χ2n) is 21.5. The van der Waals surface area contributed by atoms with Crippen LogP contribution in [0.15, 0.2) is 200 Å². The number of benzene rings is 15. The average Bonchev–Trinajstić information content (AvgIpc) is 3.66. The molecule has 1 aliphatic rings. The summed E-state index contributed by atoms with van der Waals surface area (Å²) >= 11 is 0. The number of hydrogen-bond acceptors (Lipinski definition) is 6. The Morgan fingerprint density at radius 2 is 0.620 bits per heavy atom. The molecule has 0 heterocycles. The van der Waals surface area contributed by atoms with Crippen molar-refractivity contribution in [3.63, 3.8) is 0 Å². The number of phenols is 6. The van der Waals surface area contributed by atoms with E-state index in [1.54, 1.807) is 0 Å². The van der Waals surface area contributed by atoms with Crippen molar-refractivity contribution in [2.75, 3.05) is 0 Å². The summed E-state index contributed by atoms with van der Waals surface area (Å²) in [5.41, 5.74) is 6.04. The Balaban J connectivity index is 0.852. The van der Waals surface area contributed by atoms with Gasteiger partial charge in [-0.3, -0.25) is 0 Å². The van der Waals surface area contributed by atoms with Crippen LogP contribution in [0.2, 0.25) is 0 Å². The highest BCUT2D eigenvalue weighted by Crippen LogP contribution is 2.50. The molecule has 15 aromatic rings. The Labute approximate surface area is 450 Å². The quantitative estimate of drug-likeness (QED) is 0.0596. The zero-order chi connectivity index (χ0) is 53.1. The first-order chi connectivity index (χ1) is 38.6. The maximum absolute atomic E-state index is 12.6. The van der Waals surface area contributed by atoms with Crippen LogP contribution in [0.4, 0.5) is 0 Å². The number of aromatic hydroxyl groups is 6. The first kappa shape index (κ1) is 44.9. The van der Waals surface area contributed by atoms with Crippen molar-refractivity contribution >= 4 is 130 Å². The van der Waals surface area contributed by atoms with E-state index in [-0.39, 0.29) is 40.4 Å². The predicted molar refractivity (Wildman–Crippen MR) is 326 cm³/mol. The fraction of sp³-hybridized carbons (Fsp3) is 0.0411. The number of hydrogen-bond donors (Lipinski definition) is 6. The molecule has 0 radical (unpaired) electrons. The number of rotatable bonds is 3. The van der Waals surface area contributed by atoms with Crippen molar-refractivity contribution in [1.29, 1.82) is 0 Å². The lowest BCUT2D eigenvalue weighted by Gasteiger charge is -2.21. The lowest BCUT2D eigenvalue weighted by molar-refractivity contribution is 0.479. The van der Waals surface area contributed by atoms with Crippen molar-refractivity contribution < 1.29 is 30.6 Å². The molecule has 1 unspecified atom stereocenters. The van der Waals surface area contributed by atoms with Crippen molar-refractivity contribution in [3.8, 4) is 56.8 Å². The van der Waals surface area contributed by atoms with Crippen LogP contribution in [-0.2, 0) is 0 Å². The first-order valence-corrected chi connectivity index (χ1v) is 26.7. The molecule has 1 atom stereocenters. The van der Waals surface area contributed by atoms with Gasteiger partial charge in [0, 0.05) is 64.6 Å². The molecule has 6 heteroatoms. The van der Waals surface area contributed by atoms with Crippen LogP contribution in [0, 0.1) is 5.92 Å². The topological polar surface area (TPSA) is 121 Å². The summed E-state index contributed by atoms with van der Waals surface area (Å²) in [6.07, 6.45) is 3.08. The molecule has 0 spiro atoms. The van der Waals surface area contributed by atoms with Crippen LogP contribution in [0.5, 0.6) is 34.5 Å². The summed E-state index contributed by atoms with van der Waals surface area (Å²) in [4.78, 5) is 0. The molecule has 0 saturated heterocycles. The summed E-state index contributed by atoms with van der Waals surface area (Å²) in [6, 6.07) is 66.0. The molecule has 0 fully saturated rings. The Bertz CT molecular complexity index is 5440. The van der Waals surface area contributed by atoms with E-state index in [1.807, 2.05) is 121 Å². The molecule has 1 aliphatic carbocycles. The number of phenolic OH excluding ortho intramolecular Hbond substituents is 6. The van der Waals surface area contributed by atoms with Crippen molar-refractivity contribution in [1.82, 2.24) is 0 Å². The maximum atomic E-state index is 12.6. The monoisotopic (exact) mass is 1020 g/mol. The highest BCUT2D eigenvalue weighted by atomic mass is 16.3. The average molecular weight is 1020 g/mol. The summed E-state index contributed by atoms with van der Waals surface area (Å²) in [5.74, 6) is 1.12. The van der Waals surface area contributed by atoms with Crippen LogP contribution in [-0.4, -0.2) is 30.6 Å². The van der Waals surface area contributed by atoms with Gasteiger partial charge in [0.15, 0.2) is 0 Å². The van der Waals surface area contributed by atoms with Gasteiger partial charge in [-0.25, -0.2) is 0 Å². The molecule has 0 aliphatic heterocycles. The van der Waals surface area contributed by atoms with E-state index >= 15 is 0 Å². The van der Waals surface area contributed by atoms with E-state index in [2.05, 4.69) is 91.9 Å². The summed E-state index contributed by atoms with van der Waals surface area (Å²) in [6.45, 7) is 2.23. The van der Waals surface area contributed by atoms with Crippen LogP contribution in [0.1, 0.15) is 18.9 Å². The van der Waals surface area contributed by atoms with Crippen LogP contribution in [0.3, 0.4) is 0 Å². The Kier molecular flexibility index (Phi) is 9.31. The van der Waals surface area contributed by atoms with Gasteiger partial charge in [0.25, 0.3) is 0 Å². The maximum Gasteiger partial charge on any atom is 0.132 e. The van der Waals surface area contributed by atoms with Gasteiger partial charge in [0.2, 0.25) is 0 Å². The zero-order valence-corrected chi connectivity index (χ0v) is 42.6. The predicted octanol–water partition coefficient (Wildman–Crippen LogP) is 17.0. The van der Waals surface area contributed by atoms with Gasteiger partial charge in [0.05, 0.1) is 0 Å². The van der Waals surface area contributed by atoms with Gasteiger partial charge in [-0.05, 0) is 134 Å². The molecule has 6 nitrogen and oxygen atoms in total. The molecule has 374 valence electrons. The van der Waals surface area contributed by atoms with Gasteiger partial charge in [-0.1, -0.05) is 189 Å². The van der Waals surface area contributed by atoms with E-state index in [1.165, 1.54) is 5.57 Å². The van der Waals surface area contributed by atoms with Gasteiger partial charge in [-0.2, -0.15) is 0 Å². The molecular weight excluding hydrogens is 973 g/mol. The number of fused-ring (bicyclic) bond motifs is 16. The van der Waals surface area contributed by atoms with Crippen LogP contribution >= 0.6 is 0 Å². The van der Waals surface area contributed by atoms with Gasteiger partial charge in [0.1, 0.15) is 34.5 Å². The highest BCUT2D eigenvalue weighted by molar-refractivity contribution is 6.26. The fourth-order valence-corrected chi connectivity index (χ4v) is 13.9. The molecule has 16 rings (SSSR count). The van der Waals surface area contributed by atoms with E-state index in [0.29, 0.717) is 43.1 Å². The second-order valence-corrected chi connectivity index (χ2v) is 21.5. The minimum absolute atomic E-state index is 0.130. The minimum atomic E-state index is 0.130. The van der Waals surface area contributed by atoms with Crippen molar-refractivity contribution in [2.45, 2.75) is 13.3 Å². The summed E-state index contributed by atoms with van der Waals surface area (Å²) in [7, 11) is 0. The molecule has 0 amide bonds. The van der Waals surface area contributed by atoms with Gasteiger partial charge >= 0.3 is 0 Å². The smallest absolute Gasteiger partial charge is 0.132 e. The standard InChI is InChI=1S/C73H46O6/c1-37-33-60(48-28-26-39-36-62-43(19-10-24-57(62)71(77)65(39)63(48)34-37)41-16-7-22-51-47(41)30-32-59-67(51)73(79)55-14-5-3-12-53(55)69(59)75)44-17-8-20-49-45(44)27-25-38-35-61-42(18-9-23-56(61)70(76)64(38)49)40-15-6-21-50-46(40)29-31-58-66(50)72(78)54-13-4-2-11-52(54)68(58)74/h2-32,34-37,74-79H,33H2,1H3. The van der Waals surface area contributed by atoms with E-state index in [9.17, 15) is 30.6 Å². The van der Waals surface area contributed by atoms with E-state index in [0.717, 1.165) is 120 Å². The second kappa shape index (κ2) is 16.4. The third-order valence-corrected chi connectivity index (χ3v) is 17.4. The SMILES string of the molecule is CC1C=c2c(ccc3cc4c(-c5cccc6c5ccc5c(O)c7ccccc7c(O)c56)cccc4c(O)c23)=C(c2cccc3c2ccc2cc4c(-c5cccc6c5ccc5c(O)c7ccccc7c(O)c56)cccc4c(O)c23)C1. The summed E-state index contributed by atoms with van der Waals surface area (Å²) in [5, 5.41) is 90.3. The lowest BCUT2D eigenvalue weighted by atomic mass is 9.83. The van der Waals surface area contributed by atoms with Crippen molar-refractivity contribution in [2.24, 2.45) is 5.92 Å². The molecule has 0 saturated carbocycles. The van der Waals surface area contributed by atoms with Crippen LogP contribution < -0.4 is 10.4 Å². The first-order valence-electron chi connectivity index (χ1n) is 26.7. The summed E-state index contributed by atoms with van der Waals surface area (Å²) < 4.78 is 0. The van der Waals surface area contributed by atoms with Crippen molar-refractivity contribution in [3.05, 3.63) is 216 Å². The molecule has 15 aromatic carbocycles. The lowest BCUT2D eigenvalue weighted by Crippen LogP contribution is -2.32. The zero-order valence-electron chi connectivity index (χ0n) is 42.6. The van der Waals surface area contributed by atoms with E-state index < -0.39 is 0 Å². The van der Waals surface area contributed by atoms with E-state index in [4.69, 9.17) is 0 Å². The third-order valence-electron chi connectivity index (χ3n) is 17.4. The largest absolute Gasteiger partial charge is 0.507 e. The molecule has 6 N–H and O–H groups in total. The normalized spacial score (nSPS) is 13.8. The Morgan fingerprint density at radius 3 is 1.14 bits per heavy atom. The van der Waals surface area contributed by atoms with Gasteiger partial charge in [-0.15, -0.1) is 0 Å². The highest BCUT2D eigenvalue weighted by Gasteiger charge is 2.24. The third kappa shape index (κ3) is 6.17. The van der Waals surface area contributed by atoms with Gasteiger partial charge < -0.3 is 30.6 Å². The Morgan fingerprint density at radius 1 is 0.278 bits per heavy atom.